The van der Waals surface area contributed by atoms with Gasteiger partial charge in [-0.25, -0.2) is 9.79 Å². The number of amidine groups is 1. The number of thioether (sulfide) groups is 1. The molecule has 0 bridgehead atoms. The number of halogens is 1. The van der Waals surface area contributed by atoms with Crippen LogP contribution in [0.25, 0.3) is 0 Å². The Morgan fingerprint density at radius 2 is 1.97 bits per heavy atom. The fourth-order valence-corrected chi connectivity index (χ4v) is 5.02. The van der Waals surface area contributed by atoms with Crippen molar-refractivity contribution in [3.8, 4) is 0 Å². The van der Waals surface area contributed by atoms with Crippen molar-refractivity contribution in [3.05, 3.63) is 87.3 Å². The highest BCUT2D eigenvalue weighted by Gasteiger charge is 2.42. The number of rotatable bonds is 7. The van der Waals surface area contributed by atoms with Gasteiger partial charge >= 0.3 is 5.97 Å². The highest BCUT2D eigenvalue weighted by atomic mass is 35.5. The molecule has 176 valence electrons. The number of fused-ring (bicyclic) bond motifs is 1. The smallest absolute Gasteiger partial charge is 0.338 e. The number of aliphatic imine (C=N–C) groups is 1. The number of aromatic nitrogens is 1. The molecular weight excluding hydrogens is 472 g/mol. The fourth-order valence-electron chi connectivity index (χ4n) is 3.82. The predicted molar refractivity (Wildman–Crippen MR) is 134 cm³/mol. The van der Waals surface area contributed by atoms with Crippen molar-refractivity contribution >= 4 is 40.4 Å². The van der Waals surface area contributed by atoms with Gasteiger partial charge in [0.15, 0.2) is 5.17 Å². The Morgan fingerprint density at radius 3 is 2.68 bits per heavy atom. The van der Waals surface area contributed by atoms with E-state index in [2.05, 4.69) is 15.3 Å². The maximum Gasteiger partial charge on any atom is 0.338 e. The molecule has 0 spiro atoms. The summed E-state index contributed by atoms with van der Waals surface area (Å²) in [7, 11) is 0. The van der Waals surface area contributed by atoms with Crippen molar-refractivity contribution in [3.63, 3.8) is 0 Å². The molecule has 34 heavy (non-hydrogen) atoms. The molecule has 0 saturated heterocycles. The molecule has 7 nitrogen and oxygen atoms in total. The Morgan fingerprint density at radius 1 is 1.21 bits per heavy atom. The number of ether oxygens (including phenoxy) is 1. The van der Waals surface area contributed by atoms with E-state index >= 15 is 0 Å². The molecule has 1 atom stereocenters. The molecule has 1 aromatic heterocycles. The Kier molecular flexibility index (Phi) is 7.38. The first kappa shape index (κ1) is 24.0. The minimum absolute atomic E-state index is 0.116. The number of benzene rings is 1. The molecule has 2 aromatic rings. The van der Waals surface area contributed by atoms with E-state index in [0.717, 1.165) is 17.0 Å². The summed E-state index contributed by atoms with van der Waals surface area (Å²) in [6.07, 6.45) is 1.52. The van der Waals surface area contributed by atoms with Gasteiger partial charge in [-0.15, -0.1) is 0 Å². The zero-order valence-electron chi connectivity index (χ0n) is 19.1. The summed E-state index contributed by atoms with van der Waals surface area (Å²) in [4.78, 5) is 36.8. The quantitative estimate of drug-likeness (QED) is 0.545. The van der Waals surface area contributed by atoms with Crippen LogP contribution in [0, 0.1) is 0 Å². The van der Waals surface area contributed by atoms with E-state index in [4.69, 9.17) is 16.3 Å². The Balaban J connectivity index is 1.63. The zero-order chi connectivity index (χ0) is 24.2. The van der Waals surface area contributed by atoms with E-state index < -0.39 is 12.0 Å². The zero-order valence-corrected chi connectivity index (χ0v) is 20.7. The van der Waals surface area contributed by atoms with Crippen LogP contribution in [-0.2, 0) is 20.9 Å². The molecule has 0 radical (unpaired) electrons. The number of carbonyl (C=O) groups excluding carboxylic acids is 2. The van der Waals surface area contributed by atoms with Crippen LogP contribution < -0.4 is 5.32 Å². The topological polar surface area (TPSA) is 83.9 Å². The first-order valence-corrected chi connectivity index (χ1v) is 12.2. The third-order valence-corrected chi connectivity index (χ3v) is 6.53. The second kappa shape index (κ2) is 10.4. The van der Waals surface area contributed by atoms with Gasteiger partial charge in [0.05, 0.1) is 42.1 Å². The maximum absolute atomic E-state index is 13.2. The Bertz CT molecular complexity index is 1190. The van der Waals surface area contributed by atoms with Gasteiger partial charge in [0.1, 0.15) is 0 Å². The van der Waals surface area contributed by atoms with Crippen LogP contribution >= 0.6 is 23.4 Å². The Labute approximate surface area is 207 Å². The number of pyridine rings is 1. The number of allylic oxidation sites excluding steroid dienone is 1. The summed E-state index contributed by atoms with van der Waals surface area (Å²) in [6, 6.07) is 12.4. The molecule has 9 heteroatoms. The van der Waals surface area contributed by atoms with Crippen LogP contribution in [-0.4, -0.2) is 33.0 Å². The normalized spacial score (nSPS) is 17.3. The van der Waals surface area contributed by atoms with Crippen LogP contribution in [0.15, 0.2) is 76.0 Å². The van der Waals surface area contributed by atoms with Gasteiger partial charge in [0, 0.05) is 16.9 Å². The highest BCUT2D eigenvalue weighted by Crippen LogP contribution is 2.46. The van der Waals surface area contributed by atoms with E-state index in [1.807, 2.05) is 46.7 Å². The fraction of sp³-hybridized carbons (Fsp3) is 0.280. The van der Waals surface area contributed by atoms with Crippen LogP contribution in [0.2, 0.25) is 5.02 Å². The monoisotopic (exact) mass is 496 g/mol. The maximum atomic E-state index is 13.2. The van der Waals surface area contributed by atoms with Crippen LogP contribution in [0.4, 0.5) is 0 Å². The van der Waals surface area contributed by atoms with E-state index in [1.165, 1.54) is 11.8 Å². The summed E-state index contributed by atoms with van der Waals surface area (Å²) >= 11 is 8.01. The molecule has 4 rings (SSSR count). The number of esters is 1. The van der Waals surface area contributed by atoms with Gasteiger partial charge in [0.2, 0.25) is 5.91 Å². The van der Waals surface area contributed by atoms with Crippen molar-refractivity contribution in [2.75, 3.05) is 0 Å². The SMILES string of the molecule is CC1=C(C(=O)OC(C)C)[C@H](c2ccccc2Cl)N2C(CC(=O)NCc3ccccn3)=CSC2=N1. The van der Waals surface area contributed by atoms with Gasteiger partial charge in [-0.1, -0.05) is 47.6 Å². The lowest BCUT2D eigenvalue weighted by Crippen LogP contribution is -2.38. The van der Waals surface area contributed by atoms with Gasteiger partial charge in [-0.3, -0.25) is 9.78 Å². The summed E-state index contributed by atoms with van der Waals surface area (Å²) in [5, 5.41) is 6.02. The third-order valence-electron chi connectivity index (χ3n) is 5.30. The van der Waals surface area contributed by atoms with Crippen LogP contribution in [0.3, 0.4) is 0 Å². The molecule has 2 aliphatic heterocycles. The Hall–Kier alpha value is -3.10. The molecule has 1 aromatic carbocycles. The van der Waals surface area contributed by atoms with Crippen molar-refractivity contribution in [2.45, 2.75) is 45.9 Å². The molecule has 0 fully saturated rings. The lowest BCUT2D eigenvalue weighted by atomic mass is 9.93. The average molecular weight is 497 g/mol. The lowest BCUT2D eigenvalue weighted by molar-refractivity contribution is -0.143. The third kappa shape index (κ3) is 5.18. The van der Waals surface area contributed by atoms with Crippen LogP contribution in [0.5, 0.6) is 0 Å². The van der Waals surface area contributed by atoms with Gasteiger partial charge in [-0.05, 0) is 49.9 Å². The number of hydrogen-bond acceptors (Lipinski definition) is 7. The number of hydrogen-bond donors (Lipinski definition) is 1. The van der Waals surface area contributed by atoms with Gasteiger partial charge < -0.3 is 15.0 Å². The molecule has 2 aliphatic rings. The summed E-state index contributed by atoms with van der Waals surface area (Å²) in [5.74, 6) is -0.606. The predicted octanol–water partition coefficient (Wildman–Crippen LogP) is 4.97. The summed E-state index contributed by atoms with van der Waals surface area (Å²) in [5.41, 5.74) is 3.23. The average Bonchev–Trinajstić information content (AvgIpc) is 3.19. The molecular formula is C25H25ClN4O3S. The summed E-state index contributed by atoms with van der Waals surface area (Å²) < 4.78 is 5.56. The number of amides is 1. The van der Waals surface area contributed by atoms with Crippen molar-refractivity contribution in [1.82, 2.24) is 15.2 Å². The van der Waals surface area contributed by atoms with Gasteiger partial charge in [0.25, 0.3) is 0 Å². The van der Waals surface area contributed by atoms with Crippen molar-refractivity contribution in [1.29, 1.82) is 0 Å². The number of carbonyl (C=O) groups is 2. The number of nitrogens with zero attached hydrogens (tertiary/aromatic N) is 3. The number of nitrogens with one attached hydrogen (secondary N) is 1. The first-order chi connectivity index (χ1) is 16.3. The molecule has 1 amide bonds. The molecule has 0 unspecified atom stereocenters. The van der Waals surface area contributed by atoms with E-state index in [1.54, 1.807) is 33.0 Å². The second-order valence-corrected chi connectivity index (χ2v) is 9.39. The second-order valence-electron chi connectivity index (χ2n) is 8.14. The van der Waals surface area contributed by atoms with E-state index in [9.17, 15) is 9.59 Å². The first-order valence-electron chi connectivity index (χ1n) is 10.9. The molecule has 0 aliphatic carbocycles. The highest BCUT2D eigenvalue weighted by molar-refractivity contribution is 8.16. The molecule has 0 saturated carbocycles. The minimum Gasteiger partial charge on any atom is -0.459 e. The van der Waals surface area contributed by atoms with E-state index in [0.29, 0.717) is 28.0 Å². The largest absolute Gasteiger partial charge is 0.459 e. The summed E-state index contributed by atoms with van der Waals surface area (Å²) in [6.45, 7) is 5.74. The van der Waals surface area contributed by atoms with Crippen molar-refractivity contribution < 1.29 is 14.3 Å². The van der Waals surface area contributed by atoms with Gasteiger partial charge in [-0.2, -0.15) is 0 Å². The lowest BCUT2D eigenvalue weighted by Gasteiger charge is -2.36. The molecule has 3 heterocycles. The molecule has 1 N–H and O–H groups in total. The van der Waals surface area contributed by atoms with Crippen molar-refractivity contribution in [2.24, 2.45) is 4.99 Å². The van der Waals surface area contributed by atoms with E-state index in [-0.39, 0.29) is 18.4 Å². The standard InChI is InChI=1S/C25H25ClN4O3S/c1-15(2)33-24(32)22-16(3)29-25-30(23(22)19-9-4-5-10-20(19)26)18(14-34-25)12-21(31)28-13-17-8-6-7-11-27-17/h4-11,14-15,23H,12-13H2,1-3H3,(H,28,31)/t23-/m0/s1. The van der Waals surface area contributed by atoms with Crippen LogP contribution in [0.1, 0.15) is 44.5 Å². The minimum atomic E-state index is -0.558.